The molecule has 0 heterocycles. The predicted molar refractivity (Wildman–Crippen MR) is 46.6 cm³/mol. The number of benzene rings is 1. The van der Waals surface area contributed by atoms with Crippen LogP contribution in [0.4, 0.5) is 0 Å². The van der Waals surface area contributed by atoms with Crippen LogP contribution in [-0.2, 0) is 4.79 Å². The standard InChI is InChI=1S/C10H10O3/c11-7-3-1-2-6(4-7)8-5-9(8)10(12)13/h1-4,8-9,11H,5H2,(H,12,13)/t8-,9-/m0/s1. The first-order chi connectivity index (χ1) is 6.18. The third kappa shape index (κ3) is 1.49. The summed E-state index contributed by atoms with van der Waals surface area (Å²) in [6.07, 6.45) is 0.693. The average Bonchev–Trinajstić information content (AvgIpc) is 2.82. The van der Waals surface area contributed by atoms with Crippen LogP contribution in [0, 0.1) is 5.92 Å². The van der Waals surface area contributed by atoms with E-state index in [4.69, 9.17) is 10.2 Å². The van der Waals surface area contributed by atoms with Crippen LogP contribution in [0.3, 0.4) is 0 Å². The minimum Gasteiger partial charge on any atom is -0.508 e. The molecular weight excluding hydrogens is 168 g/mol. The van der Waals surface area contributed by atoms with E-state index in [1.54, 1.807) is 18.2 Å². The van der Waals surface area contributed by atoms with Gasteiger partial charge in [0.25, 0.3) is 0 Å². The molecule has 2 rings (SSSR count). The Hall–Kier alpha value is -1.51. The lowest BCUT2D eigenvalue weighted by molar-refractivity contribution is -0.138. The van der Waals surface area contributed by atoms with Crippen LogP contribution in [0.15, 0.2) is 24.3 Å². The Morgan fingerprint density at radius 1 is 1.46 bits per heavy atom. The SMILES string of the molecule is O=C(O)[C@H]1C[C@H]1c1cccc(O)c1. The monoisotopic (exact) mass is 178 g/mol. The summed E-state index contributed by atoms with van der Waals surface area (Å²) in [4.78, 5) is 10.6. The second-order valence-corrected chi connectivity index (χ2v) is 3.38. The molecule has 1 fully saturated rings. The molecule has 0 unspecified atom stereocenters. The molecule has 0 radical (unpaired) electrons. The van der Waals surface area contributed by atoms with Gasteiger partial charge in [-0.05, 0) is 30.0 Å². The number of carbonyl (C=O) groups is 1. The van der Waals surface area contributed by atoms with Gasteiger partial charge in [-0.1, -0.05) is 12.1 Å². The lowest BCUT2D eigenvalue weighted by Gasteiger charge is -1.98. The van der Waals surface area contributed by atoms with Crippen molar-refractivity contribution < 1.29 is 15.0 Å². The normalized spacial score (nSPS) is 25.5. The molecule has 0 saturated heterocycles. The number of phenols is 1. The quantitative estimate of drug-likeness (QED) is 0.722. The highest BCUT2D eigenvalue weighted by molar-refractivity contribution is 5.75. The second-order valence-electron chi connectivity index (χ2n) is 3.38. The zero-order chi connectivity index (χ0) is 9.42. The number of carboxylic acid groups (broad SMARTS) is 1. The highest BCUT2D eigenvalue weighted by Crippen LogP contribution is 2.47. The van der Waals surface area contributed by atoms with E-state index in [0.717, 1.165) is 5.56 Å². The molecular formula is C10H10O3. The van der Waals surface area contributed by atoms with Crippen LogP contribution in [-0.4, -0.2) is 16.2 Å². The van der Waals surface area contributed by atoms with Crippen molar-refractivity contribution in [2.24, 2.45) is 5.92 Å². The van der Waals surface area contributed by atoms with Crippen LogP contribution >= 0.6 is 0 Å². The van der Waals surface area contributed by atoms with Crippen LogP contribution in [0.25, 0.3) is 0 Å². The van der Waals surface area contributed by atoms with Gasteiger partial charge < -0.3 is 10.2 Å². The van der Waals surface area contributed by atoms with Gasteiger partial charge in [0.15, 0.2) is 0 Å². The zero-order valence-electron chi connectivity index (χ0n) is 6.97. The third-order valence-corrected chi connectivity index (χ3v) is 2.41. The first-order valence-corrected chi connectivity index (χ1v) is 4.20. The molecule has 3 heteroatoms. The number of aliphatic carboxylic acids is 1. The van der Waals surface area contributed by atoms with Crippen molar-refractivity contribution in [2.45, 2.75) is 12.3 Å². The second kappa shape index (κ2) is 2.76. The summed E-state index contributed by atoms with van der Waals surface area (Å²) in [7, 11) is 0. The number of hydrogen-bond donors (Lipinski definition) is 2. The summed E-state index contributed by atoms with van der Waals surface area (Å²) in [5.74, 6) is -0.687. The van der Waals surface area contributed by atoms with Crippen molar-refractivity contribution in [3.8, 4) is 5.75 Å². The van der Waals surface area contributed by atoms with Crippen molar-refractivity contribution in [2.75, 3.05) is 0 Å². The average molecular weight is 178 g/mol. The molecule has 3 nitrogen and oxygen atoms in total. The van der Waals surface area contributed by atoms with E-state index in [1.807, 2.05) is 6.07 Å². The van der Waals surface area contributed by atoms with Gasteiger partial charge in [0, 0.05) is 0 Å². The van der Waals surface area contributed by atoms with E-state index < -0.39 is 5.97 Å². The maximum atomic E-state index is 10.6. The maximum Gasteiger partial charge on any atom is 0.307 e. The Morgan fingerprint density at radius 2 is 2.23 bits per heavy atom. The fraction of sp³-hybridized carbons (Fsp3) is 0.300. The van der Waals surface area contributed by atoms with E-state index in [2.05, 4.69) is 0 Å². The van der Waals surface area contributed by atoms with Crippen molar-refractivity contribution in [1.29, 1.82) is 0 Å². The van der Waals surface area contributed by atoms with Crippen molar-refractivity contribution in [1.82, 2.24) is 0 Å². The van der Waals surface area contributed by atoms with Gasteiger partial charge in [-0.15, -0.1) is 0 Å². The van der Waals surface area contributed by atoms with Crippen molar-refractivity contribution >= 4 is 5.97 Å². The summed E-state index contributed by atoms with van der Waals surface area (Å²) in [5, 5.41) is 17.9. The fourth-order valence-electron chi connectivity index (χ4n) is 1.59. The number of carboxylic acids is 1. The molecule has 68 valence electrons. The largest absolute Gasteiger partial charge is 0.508 e. The van der Waals surface area contributed by atoms with Gasteiger partial charge in [0.05, 0.1) is 5.92 Å². The van der Waals surface area contributed by atoms with E-state index >= 15 is 0 Å². The van der Waals surface area contributed by atoms with Gasteiger partial charge in [-0.2, -0.15) is 0 Å². The lowest BCUT2D eigenvalue weighted by Crippen LogP contribution is -1.98. The Kier molecular flexibility index (Phi) is 1.72. The molecule has 0 aromatic heterocycles. The van der Waals surface area contributed by atoms with Crippen molar-refractivity contribution in [3.63, 3.8) is 0 Å². The highest BCUT2D eigenvalue weighted by Gasteiger charge is 2.44. The highest BCUT2D eigenvalue weighted by atomic mass is 16.4. The van der Waals surface area contributed by atoms with Gasteiger partial charge in [0.2, 0.25) is 0 Å². The molecule has 13 heavy (non-hydrogen) atoms. The van der Waals surface area contributed by atoms with E-state index in [9.17, 15) is 4.79 Å². The van der Waals surface area contributed by atoms with Crippen molar-refractivity contribution in [3.05, 3.63) is 29.8 Å². The summed E-state index contributed by atoms with van der Waals surface area (Å²) in [6, 6.07) is 6.81. The minimum absolute atomic E-state index is 0.101. The summed E-state index contributed by atoms with van der Waals surface area (Å²) < 4.78 is 0. The zero-order valence-corrected chi connectivity index (χ0v) is 6.97. The Labute approximate surface area is 75.6 Å². The smallest absolute Gasteiger partial charge is 0.307 e. The van der Waals surface area contributed by atoms with Crippen LogP contribution in [0.2, 0.25) is 0 Å². The molecule has 0 bridgehead atoms. The Bertz CT molecular complexity index is 346. The van der Waals surface area contributed by atoms with Crippen LogP contribution < -0.4 is 0 Å². The summed E-state index contributed by atoms with van der Waals surface area (Å²) >= 11 is 0. The van der Waals surface area contributed by atoms with E-state index in [1.165, 1.54) is 0 Å². The summed E-state index contributed by atoms with van der Waals surface area (Å²) in [5.41, 5.74) is 0.924. The number of hydrogen-bond acceptors (Lipinski definition) is 2. The predicted octanol–water partition coefficient (Wildman–Crippen LogP) is 1.58. The number of phenolic OH excluding ortho intramolecular Hbond substituents is 1. The van der Waals surface area contributed by atoms with E-state index in [0.29, 0.717) is 6.42 Å². The van der Waals surface area contributed by atoms with Crippen LogP contribution in [0.5, 0.6) is 5.75 Å². The first-order valence-electron chi connectivity index (χ1n) is 4.20. The fourth-order valence-corrected chi connectivity index (χ4v) is 1.59. The Balaban J connectivity index is 2.16. The molecule has 0 spiro atoms. The van der Waals surface area contributed by atoms with Gasteiger partial charge in [0.1, 0.15) is 5.75 Å². The number of rotatable bonds is 2. The molecule has 2 N–H and O–H groups in total. The number of aromatic hydroxyl groups is 1. The Morgan fingerprint density at radius 3 is 2.77 bits per heavy atom. The third-order valence-electron chi connectivity index (χ3n) is 2.41. The topological polar surface area (TPSA) is 57.5 Å². The van der Waals surface area contributed by atoms with Gasteiger partial charge in [-0.3, -0.25) is 4.79 Å². The molecule has 1 aromatic rings. The molecule has 1 aliphatic rings. The molecule has 1 saturated carbocycles. The maximum absolute atomic E-state index is 10.6. The first kappa shape index (κ1) is 8.10. The van der Waals surface area contributed by atoms with E-state index in [-0.39, 0.29) is 17.6 Å². The molecule has 0 aliphatic heterocycles. The molecule has 1 aromatic carbocycles. The van der Waals surface area contributed by atoms with Gasteiger partial charge in [-0.25, -0.2) is 0 Å². The lowest BCUT2D eigenvalue weighted by atomic mass is 10.1. The van der Waals surface area contributed by atoms with Crippen LogP contribution in [0.1, 0.15) is 17.9 Å². The van der Waals surface area contributed by atoms with Gasteiger partial charge >= 0.3 is 5.97 Å². The molecule has 1 aliphatic carbocycles. The molecule has 0 amide bonds. The summed E-state index contributed by atoms with van der Waals surface area (Å²) in [6.45, 7) is 0. The minimum atomic E-state index is -0.742. The molecule has 2 atom stereocenters.